The normalized spacial score (nSPS) is 17.6. The van der Waals surface area contributed by atoms with Gasteiger partial charge in [-0.25, -0.2) is 8.78 Å². The van der Waals surface area contributed by atoms with E-state index in [0.29, 0.717) is 28.8 Å². The van der Waals surface area contributed by atoms with E-state index < -0.39 is 11.9 Å². The van der Waals surface area contributed by atoms with Gasteiger partial charge in [0.25, 0.3) is 5.91 Å². The minimum absolute atomic E-state index is 0.0843. The number of methoxy groups -OCH3 is 1. The van der Waals surface area contributed by atoms with Crippen LogP contribution in [0.3, 0.4) is 0 Å². The van der Waals surface area contributed by atoms with Gasteiger partial charge < -0.3 is 19.9 Å². The lowest BCUT2D eigenvalue weighted by molar-refractivity contribution is -0.124. The number of thiocarbonyl (C=S) groups is 1. The second-order valence-electron chi connectivity index (χ2n) is 10.3. The molecule has 42 heavy (non-hydrogen) atoms. The molecule has 2 amide bonds. The highest BCUT2D eigenvalue weighted by molar-refractivity contribution is 7.80. The van der Waals surface area contributed by atoms with E-state index in [1.807, 2.05) is 4.90 Å². The summed E-state index contributed by atoms with van der Waals surface area (Å²) in [5, 5.41) is 3.15. The predicted octanol–water partition coefficient (Wildman–Crippen LogP) is 4.52. The lowest BCUT2D eigenvalue weighted by Crippen LogP contribution is -2.47. The molecule has 11 heteroatoms. The van der Waals surface area contributed by atoms with Crippen LogP contribution in [0, 0.1) is 11.6 Å². The molecule has 1 atom stereocenters. The van der Waals surface area contributed by atoms with Crippen LogP contribution in [0.1, 0.15) is 12.8 Å². The number of piperazine rings is 1. The van der Waals surface area contributed by atoms with Crippen molar-refractivity contribution in [2.45, 2.75) is 18.9 Å². The average Bonchev–Trinajstić information content (AvgIpc) is 3.22. The SMILES string of the molecule is COc1ccc(NC(=O)C[C@H]2C(=O)N(c3ccc(F)cc3)C(=S)N2CCCN2CCN(c3ccc(F)cc3)CC2)cc1. The molecule has 0 aliphatic carbocycles. The number of benzene rings is 3. The summed E-state index contributed by atoms with van der Waals surface area (Å²) < 4.78 is 32.1. The summed E-state index contributed by atoms with van der Waals surface area (Å²) in [6, 6.07) is 18.3. The third-order valence-electron chi connectivity index (χ3n) is 7.59. The number of hydrogen-bond donors (Lipinski definition) is 1. The number of ether oxygens (including phenoxy) is 1. The Kier molecular flexibility index (Phi) is 9.28. The molecular weight excluding hydrogens is 560 g/mol. The molecule has 2 aliphatic rings. The largest absolute Gasteiger partial charge is 0.497 e. The molecule has 3 aromatic rings. The molecule has 0 unspecified atom stereocenters. The van der Waals surface area contributed by atoms with Crippen LogP contribution < -0.4 is 19.9 Å². The lowest BCUT2D eigenvalue weighted by Gasteiger charge is -2.36. The van der Waals surface area contributed by atoms with Crippen LogP contribution in [0.15, 0.2) is 72.8 Å². The maximum atomic E-state index is 13.6. The van der Waals surface area contributed by atoms with Crippen molar-refractivity contribution in [1.82, 2.24) is 9.80 Å². The van der Waals surface area contributed by atoms with Crippen molar-refractivity contribution in [2.75, 3.05) is 61.5 Å². The van der Waals surface area contributed by atoms with Crippen LogP contribution in [0.2, 0.25) is 0 Å². The van der Waals surface area contributed by atoms with E-state index in [0.717, 1.165) is 44.8 Å². The number of hydrogen-bond acceptors (Lipinski definition) is 6. The monoisotopic (exact) mass is 593 g/mol. The Balaban J connectivity index is 1.22. The molecule has 2 fully saturated rings. The maximum absolute atomic E-state index is 13.6. The van der Waals surface area contributed by atoms with Gasteiger partial charge in [-0.15, -0.1) is 0 Å². The summed E-state index contributed by atoms with van der Waals surface area (Å²) in [6.45, 7) is 4.66. The van der Waals surface area contributed by atoms with Crippen molar-refractivity contribution in [3.05, 3.63) is 84.4 Å². The molecule has 220 valence electrons. The van der Waals surface area contributed by atoms with E-state index in [1.54, 1.807) is 43.5 Å². The summed E-state index contributed by atoms with van der Waals surface area (Å²) in [6.07, 6.45) is 0.650. The smallest absolute Gasteiger partial charge is 0.256 e. The molecule has 0 spiro atoms. The number of carbonyl (C=O) groups excluding carboxylic acids is 2. The zero-order valence-electron chi connectivity index (χ0n) is 23.3. The highest BCUT2D eigenvalue weighted by Crippen LogP contribution is 2.28. The highest BCUT2D eigenvalue weighted by Gasteiger charge is 2.44. The molecule has 8 nitrogen and oxygen atoms in total. The van der Waals surface area contributed by atoms with E-state index in [2.05, 4.69) is 15.1 Å². The number of nitrogens with one attached hydrogen (secondary N) is 1. The van der Waals surface area contributed by atoms with Gasteiger partial charge in [0.05, 0.1) is 19.2 Å². The Morgan fingerprint density at radius 3 is 2.07 bits per heavy atom. The van der Waals surface area contributed by atoms with Crippen molar-refractivity contribution in [3.8, 4) is 5.75 Å². The van der Waals surface area contributed by atoms with Gasteiger partial charge in [-0.05, 0) is 98.0 Å². The molecule has 5 rings (SSSR count). The van der Waals surface area contributed by atoms with E-state index >= 15 is 0 Å². The van der Waals surface area contributed by atoms with Crippen LogP contribution in [-0.2, 0) is 9.59 Å². The topological polar surface area (TPSA) is 68.4 Å². The second-order valence-corrected chi connectivity index (χ2v) is 10.6. The first-order chi connectivity index (χ1) is 20.3. The Bertz CT molecular complexity index is 1400. The van der Waals surface area contributed by atoms with Gasteiger partial charge in [0.1, 0.15) is 23.4 Å². The third-order valence-corrected chi connectivity index (χ3v) is 8.01. The third kappa shape index (κ3) is 6.85. The Morgan fingerprint density at radius 1 is 0.881 bits per heavy atom. The van der Waals surface area contributed by atoms with Gasteiger partial charge in [-0.3, -0.25) is 19.4 Å². The summed E-state index contributed by atoms with van der Waals surface area (Å²) in [7, 11) is 1.57. The first-order valence-corrected chi connectivity index (χ1v) is 14.3. The molecule has 0 bridgehead atoms. The maximum Gasteiger partial charge on any atom is 0.256 e. The predicted molar refractivity (Wildman–Crippen MR) is 163 cm³/mol. The van der Waals surface area contributed by atoms with E-state index in [9.17, 15) is 18.4 Å². The van der Waals surface area contributed by atoms with E-state index in [-0.39, 0.29) is 24.1 Å². The second kappa shape index (κ2) is 13.3. The number of anilines is 3. The quantitative estimate of drug-likeness (QED) is 0.347. The molecule has 2 aliphatic heterocycles. The van der Waals surface area contributed by atoms with Gasteiger partial charge >= 0.3 is 0 Å². The summed E-state index contributed by atoms with van der Waals surface area (Å²) in [5.41, 5.74) is 2.07. The fourth-order valence-corrected chi connectivity index (χ4v) is 5.74. The number of amides is 2. The van der Waals surface area contributed by atoms with Crippen LogP contribution in [0.5, 0.6) is 5.75 Å². The number of halogens is 2. The Hall–Kier alpha value is -4.09. The standard InChI is InChI=1S/C31H33F2N5O3S/c1-41-27-13-7-24(8-14-27)34-29(39)21-28-30(40)38(26-11-5-23(33)6-12-26)31(42)37(28)16-2-15-35-17-19-36(20-18-35)25-9-3-22(32)4-10-25/h3-14,28H,2,15-21H2,1H3,(H,34,39)/t28-/m0/s1. The van der Waals surface area contributed by atoms with Crippen molar-refractivity contribution in [2.24, 2.45) is 0 Å². The molecule has 1 N–H and O–H groups in total. The van der Waals surface area contributed by atoms with Crippen LogP contribution >= 0.6 is 12.2 Å². The molecular formula is C31H33F2N5O3S. The first-order valence-electron chi connectivity index (χ1n) is 13.9. The van der Waals surface area contributed by atoms with Gasteiger partial charge in [0.15, 0.2) is 5.11 Å². The minimum atomic E-state index is -0.781. The molecule has 3 aromatic carbocycles. The number of nitrogens with zero attached hydrogens (tertiary/aromatic N) is 4. The van der Waals surface area contributed by atoms with Crippen LogP contribution in [0.4, 0.5) is 25.8 Å². The van der Waals surface area contributed by atoms with Crippen LogP contribution in [-0.4, -0.2) is 79.1 Å². The van der Waals surface area contributed by atoms with E-state index in [4.69, 9.17) is 17.0 Å². The Morgan fingerprint density at radius 2 is 1.48 bits per heavy atom. The summed E-state index contributed by atoms with van der Waals surface area (Å²) >= 11 is 5.73. The zero-order valence-corrected chi connectivity index (χ0v) is 24.2. The molecule has 2 saturated heterocycles. The minimum Gasteiger partial charge on any atom is -0.497 e. The van der Waals surface area contributed by atoms with Gasteiger partial charge in [0.2, 0.25) is 5.91 Å². The zero-order chi connectivity index (χ0) is 29.6. The molecule has 0 aromatic heterocycles. The van der Waals surface area contributed by atoms with Crippen molar-refractivity contribution >= 4 is 46.2 Å². The summed E-state index contributed by atoms with van der Waals surface area (Å²) in [5.74, 6) is -0.621. The number of rotatable bonds is 10. The van der Waals surface area contributed by atoms with Crippen LogP contribution in [0.25, 0.3) is 0 Å². The van der Waals surface area contributed by atoms with E-state index in [1.165, 1.54) is 41.3 Å². The van der Waals surface area contributed by atoms with Crippen molar-refractivity contribution < 1.29 is 23.1 Å². The fourth-order valence-electron chi connectivity index (χ4n) is 5.32. The average molecular weight is 594 g/mol. The van der Waals surface area contributed by atoms with Crippen molar-refractivity contribution in [1.29, 1.82) is 0 Å². The van der Waals surface area contributed by atoms with Gasteiger partial charge in [0, 0.05) is 44.1 Å². The fraction of sp³-hybridized carbons (Fsp3) is 0.323. The van der Waals surface area contributed by atoms with Gasteiger partial charge in [-0.2, -0.15) is 0 Å². The highest BCUT2D eigenvalue weighted by atomic mass is 32.1. The lowest BCUT2D eigenvalue weighted by atomic mass is 10.1. The summed E-state index contributed by atoms with van der Waals surface area (Å²) in [4.78, 5) is 34.4. The van der Waals surface area contributed by atoms with Crippen molar-refractivity contribution in [3.63, 3.8) is 0 Å². The van der Waals surface area contributed by atoms with Gasteiger partial charge in [-0.1, -0.05) is 0 Å². The number of carbonyl (C=O) groups is 2. The molecule has 2 heterocycles. The molecule has 0 saturated carbocycles. The first kappa shape index (κ1) is 29.4. The Labute approximate surface area is 249 Å². The molecule has 0 radical (unpaired) electrons.